The molecular formula is C18H12ClF3N4O3. The minimum Gasteiger partial charge on any atom is -0.326 e. The van der Waals surface area contributed by atoms with Crippen LogP contribution in [-0.4, -0.2) is 14.5 Å². The molecule has 0 aliphatic rings. The second kappa shape index (κ2) is 7.92. The second-order valence-corrected chi connectivity index (χ2v) is 6.38. The van der Waals surface area contributed by atoms with Gasteiger partial charge in [-0.05, 0) is 29.8 Å². The number of non-ortho nitro benzene ring substituents is 1. The highest BCUT2D eigenvalue weighted by Gasteiger charge is 2.34. The normalized spacial score (nSPS) is 11.3. The average Bonchev–Trinajstić information content (AvgIpc) is 2.65. The maximum atomic E-state index is 13.1. The molecule has 0 fully saturated rings. The number of alkyl halides is 3. The van der Waals surface area contributed by atoms with Crippen molar-refractivity contribution in [2.75, 3.05) is 5.32 Å². The first-order valence-electron chi connectivity index (χ1n) is 8.08. The fourth-order valence-electron chi connectivity index (χ4n) is 2.47. The van der Waals surface area contributed by atoms with E-state index in [1.807, 2.05) is 0 Å². The van der Waals surface area contributed by atoms with E-state index in [9.17, 15) is 28.1 Å². The van der Waals surface area contributed by atoms with Gasteiger partial charge in [0.25, 0.3) is 11.2 Å². The van der Waals surface area contributed by atoms with E-state index in [4.69, 9.17) is 11.6 Å². The molecule has 11 heteroatoms. The Labute approximate surface area is 166 Å². The third-order valence-electron chi connectivity index (χ3n) is 3.89. The summed E-state index contributed by atoms with van der Waals surface area (Å²) in [7, 11) is 0. The second-order valence-electron chi connectivity index (χ2n) is 5.94. The molecule has 150 valence electrons. The van der Waals surface area contributed by atoms with Crippen molar-refractivity contribution < 1.29 is 18.1 Å². The number of hydrogen-bond acceptors (Lipinski definition) is 5. The maximum Gasteiger partial charge on any atom is 0.433 e. The molecule has 0 spiro atoms. The van der Waals surface area contributed by atoms with E-state index < -0.39 is 22.4 Å². The van der Waals surface area contributed by atoms with Crippen molar-refractivity contribution in [2.24, 2.45) is 0 Å². The molecule has 2 aromatic carbocycles. The summed E-state index contributed by atoms with van der Waals surface area (Å²) >= 11 is 5.82. The van der Waals surface area contributed by atoms with Crippen molar-refractivity contribution >= 4 is 28.9 Å². The average molecular weight is 425 g/mol. The van der Waals surface area contributed by atoms with Crippen LogP contribution in [0.5, 0.6) is 0 Å². The lowest BCUT2D eigenvalue weighted by molar-refractivity contribution is -0.384. The van der Waals surface area contributed by atoms with Gasteiger partial charge in [0.1, 0.15) is 0 Å². The molecule has 1 N–H and O–H groups in total. The van der Waals surface area contributed by atoms with Crippen molar-refractivity contribution in [2.45, 2.75) is 12.7 Å². The number of nitrogens with one attached hydrogen (secondary N) is 1. The van der Waals surface area contributed by atoms with Gasteiger partial charge in [-0.1, -0.05) is 23.7 Å². The zero-order valence-electron chi connectivity index (χ0n) is 14.5. The quantitative estimate of drug-likeness (QED) is 0.477. The van der Waals surface area contributed by atoms with E-state index in [0.717, 1.165) is 4.57 Å². The molecule has 0 unspecified atom stereocenters. The number of anilines is 2. The summed E-state index contributed by atoms with van der Waals surface area (Å²) in [6.45, 7) is -0.0591. The molecule has 29 heavy (non-hydrogen) atoms. The fraction of sp³-hybridized carbons (Fsp3) is 0.111. The first-order chi connectivity index (χ1) is 13.6. The summed E-state index contributed by atoms with van der Waals surface area (Å²) in [6, 6.07) is 11.8. The van der Waals surface area contributed by atoms with Crippen molar-refractivity contribution in [3.63, 3.8) is 0 Å². The Balaban J connectivity index is 2.03. The van der Waals surface area contributed by atoms with Gasteiger partial charge < -0.3 is 5.32 Å². The molecule has 3 aromatic rings. The molecule has 0 aliphatic heterocycles. The highest BCUT2D eigenvalue weighted by atomic mass is 35.5. The molecule has 7 nitrogen and oxygen atoms in total. The number of nitro groups is 1. The summed E-state index contributed by atoms with van der Waals surface area (Å²) in [5.74, 6) is -0.353. The molecule has 1 heterocycles. The van der Waals surface area contributed by atoms with Gasteiger partial charge in [-0.3, -0.25) is 19.5 Å². The van der Waals surface area contributed by atoms with Gasteiger partial charge >= 0.3 is 6.18 Å². The summed E-state index contributed by atoms with van der Waals surface area (Å²) in [5.41, 5.74) is -1.60. The van der Waals surface area contributed by atoms with Crippen LogP contribution < -0.4 is 10.9 Å². The van der Waals surface area contributed by atoms with Crippen molar-refractivity contribution in [1.82, 2.24) is 9.55 Å². The predicted molar refractivity (Wildman–Crippen MR) is 100 cm³/mol. The van der Waals surface area contributed by atoms with Gasteiger partial charge in [-0.25, -0.2) is 4.98 Å². The highest BCUT2D eigenvalue weighted by molar-refractivity contribution is 6.30. The molecule has 0 bridgehead atoms. The van der Waals surface area contributed by atoms with Gasteiger partial charge in [0.2, 0.25) is 5.95 Å². The van der Waals surface area contributed by atoms with Gasteiger partial charge in [0.05, 0.1) is 11.5 Å². The lowest BCUT2D eigenvalue weighted by Crippen LogP contribution is -2.27. The Morgan fingerprint density at radius 1 is 1.10 bits per heavy atom. The topological polar surface area (TPSA) is 90.1 Å². The molecule has 0 radical (unpaired) electrons. The van der Waals surface area contributed by atoms with E-state index in [1.54, 1.807) is 24.3 Å². The number of nitrogens with zero attached hydrogens (tertiary/aromatic N) is 3. The summed E-state index contributed by atoms with van der Waals surface area (Å²) < 4.78 is 40.3. The van der Waals surface area contributed by atoms with Crippen LogP contribution in [0.15, 0.2) is 59.4 Å². The van der Waals surface area contributed by atoms with Crippen molar-refractivity contribution in [3.05, 3.63) is 91.3 Å². The number of rotatable bonds is 5. The van der Waals surface area contributed by atoms with Crippen LogP contribution in [0.1, 0.15) is 11.3 Å². The SMILES string of the molecule is O=c1cc(C(F)(F)F)nc(Nc2ccc([N+](=O)[O-])cc2)n1Cc1ccc(Cl)cc1. The number of hydrogen-bond donors (Lipinski definition) is 1. The van der Waals surface area contributed by atoms with Crippen LogP contribution in [0.3, 0.4) is 0 Å². The van der Waals surface area contributed by atoms with Crippen LogP contribution in [0.25, 0.3) is 0 Å². The Bertz CT molecular complexity index is 1100. The maximum absolute atomic E-state index is 13.1. The molecular weight excluding hydrogens is 413 g/mol. The van der Waals surface area contributed by atoms with Gasteiger partial charge in [0.15, 0.2) is 5.69 Å². The van der Waals surface area contributed by atoms with Crippen LogP contribution in [-0.2, 0) is 12.7 Å². The van der Waals surface area contributed by atoms with Crippen molar-refractivity contribution in [1.29, 1.82) is 0 Å². The zero-order valence-corrected chi connectivity index (χ0v) is 15.2. The third-order valence-corrected chi connectivity index (χ3v) is 4.14. The first-order valence-corrected chi connectivity index (χ1v) is 8.46. The number of nitro benzene ring substituents is 1. The standard InChI is InChI=1S/C18H12ClF3N4O3/c19-12-3-1-11(2-4-12)10-25-16(27)9-15(18(20,21)22)24-17(25)23-13-5-7-14(8-6-13)26(28)29/h1-9H,10H2,(H,23,24). The summed E-state index contributed by atoms with van der Waals surface area (Å²) in [6.07, 6.45) is -4.82. The molecule has 0 amide bonds. The summed E-state index contributed by atoms with van der Waals surface area (Å²) in [4.78, 5) is 26.1. The predicted octanol–water partition coefficient (Wildman–Crippen LogP) is 4.62. The van der Waals surface area contributed by atoms with Gasteiger partial charge in [0, 0.05) is 28.9 Å². The van der Waals surface area contributed by atoms with E-state index in [2.05, 4.69) is 10.3 Å². The summed E-state index contributed by atoms with van der Waals surface area (Å²) in [5, 5.41) is 13.8. The zero-order chi connectivity index (χ0) is 21.2. The van der Waals surface area contributed by atoms with Crippen LogP contribution in [0.4, 0.5) is 30.5 Å². The van der Waals surface area contributed by atoms with Gasteiger partial charge in [-0.15, -0.1) is 0 Å². The minimum atomic E-state index is -4.82. The molecule has 3 rings (SSSR count). The van der Waals surface area contributed by atoms with E-state index in [1.165, 1.54) is 24.3 Å². The van der Waals surface area contributed by atoms with E-state index in [0.29, 0.717) is 16.7 Å². The van der Waals surface area contributed by atoms with Crippen LogP contribution >= 0.6 is 11.6 Å². The Kier molecular flexibility index (Phi) is 5.55. The van der Waals surface area contributed by atoms with Crippen LogP contribution in [0, 0.1) is 10.1 Å². The number of aromatic nitrogens is 2. The monoisotopic (exact) mass is 424 g/mol. The molecule has 0 saturated heterocycles. The molecule has 1 aromatic heterocycles. The minimum absolute atomic E-state index is 0.0591. The Morgan fingerprint density at radius 3 is 2.28 bits per heavy atom. The molecule has 0 aliphatic carbocycles. The lowest BCUT2D eigenvalue weighted by Gasteiger charge is -2.16. The number of benzene rings is 2. The Hall–Kier alpha value is -3.40. The van der Waals surface area contributed by atoms with Crippen LogP contribution in [0.2, 0.25) is 5.02 Å². The van der Waals surface area contributed by atoms with Gasteiger partial charge in [-0.2, -0.15) is 13.2 Å². The smallest absolute Gasteiger partial charge is 0.326 e. The van der Waals surface area contributed by atoms with E-state index >= 15 is 0 Å². The van der Waals surface area contributed by atoms with Crippen molar-refractivity contribution in [3.8, 4) is 0 Å². The largest absolute Gasteiger partial charge is 0.433 e. The fourth-order valence-corrected chi connectivity index (χ4v) is 2.59. The Morgan fingerprint density at radius 2 is 1.72 bits per heavy atom. The lowest BCUT2D eigenvalue weighted by atomic mass is 10.2. The highest BCUT2D eigenvalue weighted by Crippen LogP contribution is 2.28. The van der Waals surface area contributed by atoms with E-state index in [-0.39, 0.29) is 23.9 Å². The molecule has 0 atom stereocenters. The molecule has 0 saturated carbocycles. The first kappa shape index (κ1) is 20.3. The number of halogens is 4. The third kappa shape index (κ3) is 4.91.